The van der Waals surface area contributed by atoms with Crippen LogP contribution in [0.1, 0.15) is 5.56 Å². The SMILES string of the molecule is COCC(Cc1c(F)cccc1F)NN. The Morgan fingerprint density at radius 1 is 1.40 bits per heavy atom. The van der Waals surface area contributed by atoms with Gasteiger partial charge in [-0.3, -0.25) is 11.3 Å². The third-order valence-corrected chi connectivity index (χ3v) is 2.12. The molecule has 84 valence electrons. The Hall–Kier alpha value is -1.04. The largest absolute Gasteiger partial charge is 0.383 e. The van der Waals surface area contributed by atoms with Crippen LogP contribution >= 0.6 is 0 Å². The summed E-state index contributed by atoms with van der Waals surface area (Å²) >= 11 is 0. The molecule has 1 aromatic rings. The first kappa shape index (κ1) is 12.0. The fourth-order valence-corrected chi connectivity index (χ4v) is 1.34. The zero-order valence-corrected chi connectivity index (χ0v) is 8.47. The maximum absolute atomic E-state index is 13.2. The quantitative estimate of drug-likeness (QED) is 0.570. The molecule has 1 rings (SSSR count). The third-order valence-electron chi connectivity index (χ3n) is 2.12. The van der Waals surface area contributed by atoms with Crippen LogP contribution in [0.25, 0.3) is 0 Å². The first-order chi connectivity index (χ1) is 7.19. The van der Waals surface area contributed by atoms with Gasteiger partial charge < -0.3 is 4.74 Å². The van der Waals surface area contributed by atoms with E-state index < -0.39 is 11.6 Å². The van der Waals surface area contributed by atoms with Crippen molar-refractivity contribution in [3.63, 3.8) is 0 Å². The Balaban J connectivity index is 2.78. The van der Waals surface area contributed by atoms with Gasteiger partial charge in [-0.25, -0.2) is 8.78 Å². The number of methoxy groups -OCH3 is 1. The lowest BCUT2D eigenvalue weighted by Gasteiger charge is -2.15. The maximum atomic E-state index is 13.2. The van der Waals surface area contributed by atoms with E-state index in [1.165, 1.54) is 25.3 Å². The lowest BCUT2D eigenvalue weighted by atomic mass is 10.1. The molecule has 5 heteroatoms. The molecule has 0 bridgehead atoms. The molecule has 1 unspecified atom stereocenters. The van der Waals surface area contributed by atoms with Crippen LogP contribution in [0.2, 0.25) is 0 Å². The Kier molecular flexibility index (Phi) is 4.61. The number of hydrogen-bond donors (Lipinski definition) is 2. The molecule has 0 amide bonds. The second-order valence-corrected chi connectivity index (χ2v) is 3.22. The summed E-state index contributed by atoms with van der Waals surface area (Å²) in [7, 11) is 1.50. The lowest BCUT2D eigenvalue weighted by Crippen LogP contribution is -2.40. The van der Waals surface area contributed by atoms with Crippen molar-refractivity contribution in [3.8, 4) is 0 Å². The molecule has 0 aliphatic carbocycles. The van der Waals surface area contributed by atoms with E-state index in [4.69, 9.17) is 10.6 Å². The average molecular weight is 216 g/mol. The molecule has 0 spiro atoms. The van der Waals surface area contributed by atoms with Gasteiger partial charge in [0.25, 0.3) is 0 Å². The number of rotatable bonds is 5. The predicted molar refractivity (Wildman–Crippen MR) is 53.0 cm³/mol. The summed E-state index contributed by atoms with van der Waals surface area (Å²) in [6, 6.07) is 3.47. The normalized spacial score (nSPS) is 12.8. The van der Waals surface area contributed by atoms with Crippen molar-refractivity contribution in [1.82, 2.24) is 5.43 Å². The van der Waals surface area contributed by atoms with Crippen molar-refractivity contribution in [2.75, 3.05) is 13.7 Å². The molecule has 0 saturated carbocycles. The fourth-order valence-electron chi connectivity index (χ4n) is 1.34. The van der Waals surface area contributed by atoms with E-state index in [2.05, 4.69) is 5.43 Å². The minimum atomic E-state index is -0.564. The van der Waals surface area contributed by atoms with Gasteiger partial charge in [0.15, 0.2) is 0 Å². The minimum Gasteiger partial charge on any atom is -0.383 e. The summed E-state index contributed by atoms with van der Waals surface area (Å²) in [4.78, 5) is 0. The standard InChI is InChI=1S/C10H14F2N2O/c1-15-6-7(14-13)5-8-9(11)3-2-4-10(8)12/h2-4,7,14H,5-6,13H2,1H3. The molecule has 0 fully saturated rings. The van der Waals surface area contributed by atoms with Gasteiger partial charge in [-0.05, 0) is 18.6 Å². The molecule has 1 aromatic carbocycles. The zero-order chi connectivity index (χ0) is 11.3. The van der Waals surface area contributed by atoms with E-state index in [-0.39, 0.29) is 18.0 Å². The lowest BCUT2D eigenvalue weighted by molar-refractivity contribution is 0.165. The van der Waals surface area contributed by atoms with Crippen LogP contribution in [0.3, 0.4) is 0 Å². The molecule has 0 aliphatic heterocycles. The summed E-state index contributed by atoms with van der Waals surface area (Å²) in [6.45, 7) is 0.296. The Bertz CT molecular complexity index is 300. The monoisotopic (exact) mass is 216 g/mol. The van der Waals surface area contributed by atoms with Gasteiger partial charge in [-0.1, -0.05) is 6.07 Å². The highest BCUT2D eigenvalue weighted by atomic mass is 19.1. The highest BCUT2D eigenvalue weighted by molar-refractivity contribution is 5.20. The van der Waals surface area contributed by atoms with Crippen molar-refractivity contribution >= 4 is 0 Å². The van der Waals surface area contributed by atoms with Gasteiger partial charge in [-0.15, -0.1) is 0 Å². The summed E-state index contributed by atoms with van der Waals surface area (Å²) in [5.41, 5.74) is 2.47. The van der Waals surface area contributed by atoms with E-state index in [0.717, 1.165) is 0 Å². The van der Waals surface area contributed by atoms with Crippen molar-refractivity contribution < 1.29 is 13.5 Å². The topological polar surface area (TPSA) is 47.3 Å². The van der Waals surface area contributed by atoms with E-state index >= 15 is 0 Å². The molecule has 0 aromatic heterocycles. The number of hydrazine groups is 1. The van der Waals surface area contributed by atoms with Crippen LogP contribution in [0.15, 0.2) is 18.2 Å². The molecule has 3 nitrogen and oxygen atoms in total. The average Bonchev–Trinajstić information content (AvgIpc) is 2.22. The number of hydrogen-bond acceptors (Lipinski definition) is 3. The van der Waals surface area contributed by atoms with Crippen LogP contribution in [-0.2, 0) is 11.2 Å². The van der Waals surface area contributed by atoms with Gasteiger partial charge in [0.1, 0.15) is 11.6 Å². The molecular formula is C10H14F2N2O. The fraction of sp³-hybridized carbons (Fsp3) is 0.400. The highest BCUT2D eigenvalue weighted by Crippen LogP contribution is 2.14. The molecule has 0 saturated heterocycles. The van der Waals surface area contributed by atoms with Gasteiger partial charge in [-0.2, -0.15) is 0 Å². The number of benzene rings is 1. The van der Waals surface area contributed by atoms with Crippen LogP contribution in [0.4, 0.5) is 8.78 Å². The van der Waals surface area contributed by atoms with Crippen LogP contribution in [0, 0.1) is 11.6 Å². The Morgan fingerprint density at radius 2 is 2.00 bits per heavy atom. The third kappa shape index (κ3) is 3.23. The molecule has 0 radical (unpaired) electrons. The maximum Gasteiger partial charge on any atom is 0.129 e. The van der Waals surface area contributed by atoms with E-state index in [1.807, 2.05) is 0 Å². The number of nitrogens with one attached hydrogen (secondary N) is 1. The van der Waals surface area contributed by atoms with Gasteiger partial charge in [0.2, 0.25) is 0 Å². The number of ether oxygens (including phenoxy) is 1. The van der Waals surface area contributed by atoms with E-state index in [0.29, 0.717) is 6.61 Å². The molecule has 0 aliphatic rings. The van der Waals surface area contributed by atoms with E-state index in [9.17, 15) is 8.78 Å². The van der Waals surface area contributed by atoms with Crippen molar-refractivity contribution in [3.05, 3.63) is 35.4 Å². The zero-order valence-electron chi connectivity index (χ0n) is 8.47. The molecule has 3 N–H and O–H groups in total. The first-order valence-electron chi connectivity index (χ1n) is 4.57. The summed E-state index contributed by atoms with van der Waals surface area (Å²) < 4.78 is 31.3. The van der Waals surface area contributed by atoms with Crippen molar-refractivity contribution in [2.24, 2.45) is 5.84 Å². The Morgan fingerprint density at radius 3 is 2.47 bits per heavy atom. The van der Waals surface area contributed by atoms with Gasteiger partial charge >= 0.3 is 0 Å². The molecule has 15 heavy (non-hydrogen) atoms. The van der Waals surface area contributed by atoms with Crippen LogP contribution in [0.5, 0.6) is 0 Å². The minimum absolute atomic E-state index is 0.0255. The van der Waals surface area contributed by atoms with E-state index in [1.54, 1.807) is 0 Å². The number of halogens is 2. The molecular weight excluding hydrogens is 202 g/mol. The van der Waals surface area contributed by atoms with Gasteiger partial charge in [0.05, 0.1) is 6.61 Å². The smallest absolute Gasteiger partial charge is 0.129 e. The second kappa shape index (κ2) is 5.75. The summed E-state index contributed by atoms with van der Waals surface area (Å²) in [5, 5.41) is 0. The van der Waals surface area contributed by atoms with Crippen molar-refractivity contribution in [1.29, 1.82) is 0 Å². The summed E-state index contributed by atoms with van der Waals surface area (Å²) in [5.74, 6) is 4.10. The molecule has 1 atom stereocenters. The highest BCUT2D eigenvalue weighted by Gasteiger charge is 2.14. The van der Waals surface area contributed by atoms with Crippen molar-refractivity contribution in [2.45, 2.75) is 12.5 Å². The molecule has 0 heterocycles. The summed E-state index contributed by atoms with van der Waals surface area (Å²) in [6.07, 6.45) is 0.156. The van der Waals surface area contributed by atoms with Crippen LogP contribution < -0.4 is 11.3 Å². The predicted octanol–water partition coefficient (Wildman–Crippen LogP) is 0.986. The van der Waals surface area contributed by atoms with Crippen LogP contribution in [-0.4, -0.2) is 19.8 Å². The number of nitrogens with two attached hydrogens (primary N) is 1. The first-order valence-corrected chi connectivity index (χ1v) is 4.57. The Labute approximate surface area is 87.2 Å². The second-order valence-electron chi connectivity index (χ2n) is 3.22. The van der Waals surface area contributed by atoms with Gasteiger partial charge in [0, 0.05) is 18.7 Å².